The van der Waals surface area contributed by atoms with Gasteiger partial charge < -0.3 is 20.0 Å². The van der Waals surface area contributed by atoms with Crippen LogP contribution in [-0.4, -0.2) is 69.6 Å². The number of amides is 4. The maximum absolute atomic E-state index is 13.1. The molecule has 0 aliphatic carbocycles. The molecule has 7 nitrogen and oxygen atoms in total. The van der Waals surface area contributed by atoms with Gasteiger partial charge in [-0.25, -0.2) is 4.79 Å². The van der Waals surface area contributed by atoms with Crippen LogP contribution in [0.4, 0.5) is 23.7 Å². The first-order valence-corrected chi connectivity index (χ1v) is 13.6. The number of nitrogens with zero attached hydrogens (tertiary/aromatic N) is 3. The van der Waals surface area contributed by atoms with Crippen LogP contribution >= 0.6 is 11.8 Å². The Balaban J connectivity index is 1.19. The topological polar surface area (TPSA) is 73.0 Å². The minimum atomic E-state index is -4.38. The molecular weight excluding hydrogens is 517 g/mol. The van der Waals surface area contributed by atoms with Crippen LogP contribution in [0.2, 0.25) is 0 Å². The second-order valence-corrected chi connectivity index (χ2v) is 11.1. The number of benzene rings is 2. The first kappa shape index (κ1) is 26.4. The van der Waals surface area contributed by atoms with Crippen LogP contribution in [0.25, 0.3) is 0 Å². The summed E-state index contributed by atoms with van der Waals surface area (Å²) in [5.41, 5.74) is 2.61. The van der Waals surface area contributed by atoms with Crippen molar-refractivity contribution in [1.29, 1.82) is 0 Å². The van der Waals surface area contributed by atoms with Crippen LogP contribution in [0.3, 0.4) is 0 Å². The fourth-order valence-electron chi connectivity index (χ4n) is 5.31. The van der Waals surface area contributed by atoms with E-state index < -0.39 is 35.7 Å². The molecule has 0 radical (unpaired) electrons. The average molecular weight is 547 g/mol. The van der Waals surface area contributed by atoms with Gasteiger partial charge in [-0.3, -0.25) is 9.59 Å². The van der Waals surface area contributed by atoms with Gasteiger partial charge in [0.15, 0.2) is 0 Å². The van der Waals surface area contributed by atoms with E-state index in [1.165, 1.54) is 16.7 Å². The van der Waals surface area contributed by atoms with Crippen LogP contribution in [0.15, 0.2) is 54.6 Å². The van der Waals surface area contributed by atoms with Crippen LogP contribution in [0.5, 0.6) is 0 Å². The monoisotopic (exact) mass is 546 g/mol. The van der Waals surface area contributed by atoms with Gasteiger partial charge in [0, 0.05) is 44.3 Å². The summed E-state index contributed by atoms with van der Waals surface area (Å²) in [7, 11) is 0. The summed E-state index contributed by atoms with van der Waals surface area (Å²) >= 11 is 1.24. The second-order valence-electron chi connectivity index (χ2n) is 9.82. The maximum atomic E-state index is 13.1. The highest BCUT2D eigenvalue weighted by Gasteiger charge is 2.44. The van der Waals surface area contributed by atoms with Crippen LogP contribution in [0, 0.1) is 0 Å². The van der Waals surface area contributed by atoms with E-state index in [9.17, 15) is 27.6 Å². The van der Waals surface area contributed by atoms with Crippen molar-refractivity contribution in [3.8, 4) is 0 Å². The minimum Gasteiger partial charge on any atom is -0.342 e. The zero-order chi connectivity index (χ0) is 26.9. The van der Waals surface area contributed by atoms with Gasteiger partial charge >= 0.3 is 12.2 Å². The van der Waals surface area contributed by atoms with E-state index in [0.29, 0.717) is 32.5 Å². The number of hydrogen-bond acceptors (Lipinski definition) is 4. The lowest BCUT2D eigenvalue weighted by atomic mass is 10.0. The number of hydrogen-bond donors (Lipinski definition) is 1. The number of carbonyl (C=O) groups excluding carboxylic acids is 3. The quantitative estimate of drug-likeness (QED) is 0.553. The van der Waals surface area contributed by atoms with Gasteiger partial charge in [0.05, 0.1) is 11.7 Å². The highest BCUT2D eigenvalue weighted by atomic mass is 32.2. The Morgan fingerprint density at radius 1 is 1.00 bits per heavy atom. The zero-order valence-corrected chi connectivity index (χ0v) is 21.5. The number of alkyl halides is 3. The number of thioether (sulfide) groups is 1. The summed E-state index contributed by atoms with van der Waals surface area (Å²) in [5.74, 6) is -0.618. The maximum Gasteiger partial charge on any atom is 0.390 e. The second kappa shape index (κ2) is 10.9. The van der Waals surface area contributed by atoms with Crippen LogP contribution < -0.4 is 5.32 Å². The normalized spacial score (nSPS) is 22.4. The van der Waals surface area contributed by atoms with Crippen molar-refractivity contribution < 1.29 is 27.6 Å². The number of rotatable bonds is 6. The number of urea groups is 1. The summed E-state index contributed by atoms with van der Waals surface area (Å²) in [6.07, 6.45) is -4.28. The standard InChI is InChI=1S/C27H29F3N4O3S/c28-27(29,30)12-15-33-24(36)22(38-25(33)18-6-2-1-3-7-18)16-23(35)32-13-10-20(11-14-32)34-17-19-8-4-5-9-21(19)31-26(34)37/h1-9,20,22,25H,10-17H2,(H,31,37). The summed E-state index contributed by atoms with van der Waals surface area (Å²) in [5, 5.41) is 1.63. The molecule has 0 spiro atoms. The first-order chi connectivity index (χ1) is 18.2. The van der Waals surface area contributed by atoms with Crippen molar-refractivity contribution in [2.45, 2.75) is 55.1 Å². The van der Waals surface area contributed by atoms with Crippen molar-refractivity contribution in [1.82, 2.24) is 14.7 Å². The number of carbonyl (C=O) groups is 3. The third kappa shape index (κ3) is 5.77. The third-order valence-corrected chi connectivity index (χ3v) is 8.82. The molecule has 38 heavy (non-hydrogen) atoms. The predicted molar refractivity (Wildman–Crippen MR) is 138 cm³/mol. The molecule has 11 heteroatoms. The van der Waals surface area contributed by atoms with Crippen molar-refractivity contribution in [3.05, 3.63) is 65.7 Å². The van der Waals surface area contributed by atoms with E-state index >= 15 is 0 Å². The Labute approximate surface area is 223 Å². The van der Waals surface area contributed by atoms with Gasteiger partial charge in [0.1, 0.15) is 5.37 Å². The van der Waals surface area contributed by atoms with E-state index in [1.54, 1.807) is 29.2 Å². The molecule has 2 saturated heterocycles. The Hall–Kier alpha value is -3.21. The summed E-state index contributed by atoms with van der Waals surface area (Å²) in [4.78, 5) is 43.7. The molecule has 1 N–H and O–H groups in total. The fourth-order valence-corrected chi connectivity index (χ4v) is 6.78. The van der Waals surface area contributed by atoms with Crippen LogP contribution in [0.1, 0.15) is 42.2 Å². The largest absolute Gasteiger partial charge is 0.390 e. The lowest BCUT2D eigenvalue weighted by Gasteiger charge is -2.40. The third-order valence-electron chi connectivity index (χ3n) is 7.33. The first-order valence-electron chi connectivity index (χ1n) is 12.7. The number of anilines is 1. The molecule has 3 heterocycles. The van der Waals surface area contributed by atoms with E-state index in [0.717, 1.165) is 16.8 Å². The van der Waals surface area contributed by atoms with Gasteiger partial charge in [-0.05, 0) is 30.0 Å². The number of nitrogens with one attached hydrogen (secondary N) is 1. The van der Waals surface area contributed by atoms with Gasteiger partial charge in [-0.15, -0.1) is 11.8 Å². The van der Waals surface area contributed by atoms with E-state index in [2.05, 4.69) is 5.32 Å². The van der Waals surface area contributed by atoms with Crippen molar-refractivity contribution in [3.63, 3.8) is 0 Å². The number of piperidine rings is 1. The molecule has 2 aromatic rings. The molecule has 202 valence electrons. The summed E-state index contributed by atoms with van der Waals surface area (Å²) in [6.45, 7) is 0.995. The number of likely N-dealkylation sites (tertiary alicyclic amines) is 1. The van der Waals surface area contributed by atoms with Crippen molar-refractivity contribution >= 4 is 35.3 Å². The van der Waals surface area contributed by atoms with Crippen LogP contribution in [-0.2, 0) is 16.1 Å². The molecule has 0 saturated carbocycles. The number of para-hydroxylation sites is 1. The molecule has 3 aliphatic heterocycles. The molecule has 2 aromatic carbocycles. The lowest BCUT2D eigenvalue weighted by Crippen LogP contribution is -2.51. The molecule has 2 atom stereocenters. The number of fused-ring (bicyclic) bond motifs is 1. The van der Waals surface area contributed by atoms with Crippen molar-refractivity contribution in [2.75, 3.05) is 25.0 Å². The Kier molecular flexibility index (Phi) is 7.56. The molecule has 4 amide bonds. The zero-order valence-electron chi connectivity index (χ0n) is 20.7. The van der Waals surface area contributed by atoms with Gasteiger partial charge in [0.25, 0.3) is 0 Å². The molecule has 3 aliphatic rings. The van der Waals surface area contributed by atoms with Gasteiger partial charge in [-0.2, -0.15) is 13.2 Å². The molecule has 0 aromatic heterocycles. The molecule has 2 unspecified atom stereocenters. The van der Waals surface area contributed by atoms with Gasteiger partial charge in [0.2, 0.25) is 11.8 Å². The molecule has 0 bridgehead atoms. The smallest absolute Gasteiger partial charge is 0.342 e. The van der Waals surface area contributed by atoms with Crippen molar-refractivity contribution in [2.24, 2.45) is 0 Å². The lowest BCUT2D eigenvalue weighted by molar-refractivity contribution is -0.146. The molecular formula is C27H29F3N4O3S. The summed E-state index contributed by atoms with van der Waals surface area (Å²) in [6, 6.07) is 16.5. The highest BCUT2D eigenvalue weighted by molar-refractivity contribution is 8.01. The average Bonchev–Trinajstić information content (AvgIpc) is 3.22. The van der Waals surface area contributed by atoms with E-state index in [-0.39, 0.29) is 24.4 Å². The Morgan fingerprint density at radius 3 is 2.39 bits per heavy atom. The predicted octanol–water partition coefficient (Wildman–Crippen LogP) is 5.01. The Morgan fingerprint density at radius 2 is 1.68 bits per heavy atom. The number of halogens is 3. The SMILES string of the molecule is O=C(CC1SC(c2ccccc2)N(CCC(F)(F)F)C1=O)N1CCC(N2Cc3ccccc3NC2=O)CC1. The molecule has 5 rings (SSSR count). The Bertz CT molecular complexity index is 1190. The van der Waals surface area contributed by atoms with E-state index in [1.807, 2.05) is 35.2 Å². The highest BCUT2D eigenvalue weighted by Crippen LogP contribution is 2.45. The minimum absolute atomic E-state index is 0.00443. The molecule has 2 fully saturated rings. The fraction of sp³-hybridized carbons (Fsp3) is 0.444. The van der Waals surface area contributed by atoms with Gasteiger partial charge in [-0.1, -0.05) is 48.5 Å². The van der Waals surface area contributed by atoms with E-state index in [4.69, 9.17) is 0 Å². The summed E-state index contributed by atoms with van der Waals surface area (Å²) < 4.78 is 38.8.